The average Bonchev–Trinajstić information content (AvgIpc) is 2.55. The van der Waals surface area contributed by atoms with Crippen LogP contribution >= 0.6 is 0 Å². The normalized spacial score (nSPS) is 11.3. The van der Waals surface area contributed by atoms with Gasteiger partial charge in [-0.05, 0) is 23.6 Å². The molecule has 0 saturated heterocycles. The lowest BCUT2D eigenvalue weighted by Crippen LogP contribution is -2.13. The Hall–Kier alpha value is -2.66. The molecule has 0 heterocycles. The predicted octanol–water partition coefficient (Wildman–Crippen LogP) is 3.45. The van der Waals surface area contributed by atoms with Gasteiger partial charge in [-0.2, -0.15) is 0 Å². The first kappa shape index (κ1) is 14.3. The van der Waals surface area contributed by atoms with Gasteiger partial charge in [0.2, 0.25) is 0 Å². The molecule has 0 aliphatic rings. The number of anilines is 1. The molecule has 1 N–H and O–H groups in total. The van der Waals surface area contributed by atoms with E-state index < -0.39 is 10.0 Å². The molecule has 0 fully saturated rings. The van der Waals surface area contributed by atoms with E-state index in [1.54, 1.807) is 12.1 Å². The van der Waals surface area contributed by atoms with Crippen LogP contribution in [0.1, 0.15) is 10.4 Å². The van der Waals surface area contributed by atoms with Gasteiger partial charge in [0.05, 0.1) is 10.6 Å². The molecule has 0 saturated carbocycles. The lowest BCUT2D eigenvalue weighted by molar-refractivity contribution is 0.112. The Morgan fingerprint density at radius 2 is 1.50 bits per heavy atom. The van der Waals surface area contributed by atoms with Crippen LogP contribution in [0.15, 0.2) is 71.6 Å². The Balaban J connectivity index is 2.01. The average molecular weight is 311 g/mol. The number of sulfonamides is 1. The van der Waals surface area contributed by atoms with Crippen molar-refractivity contribution < 1.29 is 13.2 Å². The van der Waals surface area contributed by atoms with Crippen molar-refractivity contribution in [2.24, 2.45) is 0 Å². The number of nitrogens with one attached hydrogen (secondary N) is 1. The minimum atomic E-state index is -3.70. The van der Waals surface area contributed by atoms with E-state index in [0.29, 0.717) is 17.5 Å². The number of benzene rings is 3. The minimum absolute atomic E-state index is 0.117. The monoisotopic (exact) mass is 311 g/mol. The van der Waals surface area contributed by atoms with E-state index in [-0.39, 0.29) is 4.90 Å². The van der Waals surface area contributed by atoms with Crippen molar-refractivity contribution in [1.82, 2.24) is 0 Å². The molecule has 3 rings (SSSR count). The quantitative estimate of drug-likeness (QED) is 0.751. The fourth-order valence-electron chi connectivity index (χ4n) is 2.24. The second kappa shape index (κ2) is 5.61. The summed E-state index contributed by atoms with van der Waals surface area (Å²) in [6.45, 7) is 0. The van der Waals surface area contributed by atoms with E-state index in [1.807, 2.05) is 30.3 Å². The zero-order chi connectivity index (χ0) is 15.6. The minimum Gasteiger partial charge on any atom is -0.298 e. The molecule has 0 bridgehead atoms. The van der Waals surface area contributed by atoms with Gasteiger partial charge in [-0.1, -0.05) is 48.5 Å². The number of carbonyl (C=O) groups excluding carboxylic acids is 1. The smallest absolute Gasteiger partial charge is 0.261 e. The van der Waals surface area contributed by atoms with Crippen molar-refractivity contribution >= 4 is 32.8 Å². The van der Waals surface area contributed by atoms with E-state index in [9.17, 15) is 13.2 Å². The van der Waals surface area contributed by atoms with Crippen LogP contribution in [0.3, 0.4) is 0 Å². The highest BCUT2D eigenvalue weighted by Crippen LogP contribution is 2.25. The second-order valence-electron chi connectivity index (χ2n) is 4.82. The van der Waals surface area contributed by atoms with Gasteiger partial charge >= 0.3 is 0 Å². The van der Waals surface area contributed by atoms with Gasteiger partial charge in [0.25, 0.3) is 10.0 Å². The third-order valence-corrected chi connectivity index (χ3v) is 4.74. The third kappa shape index (κ3) is 2.71. The first-order valence-corrected chi connectivity index (χ1v) is 8.14. The van der Waals surface area contributed by atoms with E-state index in [1.165, 1.54) is 24.3 Å². The molecular formula is C17H13NO3S. The lowest BCUT2D eigenvalue weighted by Gasteiger charge is -2.10. The standard InChI is InChI=1S/C17H13NO3S/c19-12-13-8-10-15(11-9-13)22(20,21)18-17-7-3-5-14-4-1-2-6-16(14)17/h1-12,18H. The van der Waals surface area contributed by atoms with Gasteiger partial charge in [-0.15, -0.1) is 0 Å². The zero-order valence-corrected chi connectivity index (χ0v) is 12.4. The molecule has 0 unspecified atom stereocenters. The largest absolute Gasteiger partial charge is 0.298 e. The molecule has 0 radical (unpaired) electrons. The molecule has 0 aliphatic carbocycles. The van der Waals surface area contributed by atoms with Crippen LogP contribution in [0, 0.1) is 0 Å². The molecule has 0 aliphatic heterocycles. The van der Waals surface area contributed by atoms with Crippen molar-refractivity contribution in [3.63, 3.8) is 0 Å². The Labute approximate surface area is 128 Å². The molecule has 3 aromatic rings. The van der Waals surface area contributed by atoms with E-state index in [0.717, 1.165) is 10.8 Å². The Morgan fingerprint density at radius 1 is 0.818 bits per heavy atom. The topological polar surface area (TPSA) is 63.2 Å². The third-order valence-electron chi connectivity index (χ3n) is 3.36. The van der Waals surface area contributed by atoms with Crippen LogP contribution in [-0.2, 0) is 10.0 Å². The molecule has 0 spiro atoms. The predicted molar refractivity (Wildman–Crippen MR) is 86.6 cm³/mol. The SMILES string of the molecule is O=Cc1ccc(S(=O)(=O)Nc2cccc3ccccc23)cc1. The fraction of sp³-hybridized carbons (Fsp3) is 0. The molecule has 22 heavy (non-hydrogen) atoms. The zero-order valence-electron chi connectivity index (χ0n) is 11.6. The summed E-state index contributed by atoms with van der Waals surface area (Å²) in [6.07, 6.45) is 0.675. The number of hydrogen-bond donors (Lipinski definition) is 1. The molecule has 3 aromatic carbocycles. The molecule has 0 atom stereocenters. The summed E-state index contributed by atoms with van der Waals surface area (Å²) in [7, 11) is -3.70. The van der Waals surface area contributed by atoms with Crippen molar-refractivity contribution in [1.29, 1.82) is 0 Å². The Morgan fingerprint density at radius 3 is 2.23 bits per heavy atom. The van der Waals surface area contributed by atoms with E-state index in [2.05, 4.69) is 4.72 Å². The molecule has 0 aromatic heterocycles. The summed E-state index contributed by atoms with van der Waals surface area (Å²) in [5.74, 6) is 0. The Bertz CT molecular complexity index is 926. The number of carbonyl (C=O) groups is 1. The molecule has 4 nitrogen and oxygen atoms in total. The maximum atomic E-state index is 12.4. The van der Waals surface area contributed by atoms with Gasteiger partial charge in [-0.25, -0.2) is 8.42 Å². The Kier molecular flexibility index (Phi) is 3.65. The van der Waals surface area contributed by atoms with Gasteiger partial charge in [-0.3, -0.25) is 9.52 Å². The van der Waals surface area contributed by atoms with E-state index >= 15 is 0 Å². The number of rotatable bonds is 4. The van der Waals surface area contributed by atoms with Crippen molar-refractivity contribution in [2.45, 2.75) is 4.90 Å². The maximum absolute atomic E-state index is 12.4. The summed E-state index contributed by atoms with van der Waals surface area (Å²) in [6, 6.07) is 18.8. The molecule has 0 amide bonds. The van der Waals surface area contributed by atoms with Crippen molar-refractivity contribution in [2.75, 3.05) is 4.72 Å². The van der Waals surface area contributed by atoms with E-state index in [4.69, 9.17) is 0 Å². The van der Waals surface area contributed by atoms with Crippen molar-refractivity contribution in [3.8, 4) is 0 Å². The van der Waals surface area contributed by atoms with Crippen LogP contribution in [-0.4, -0.2) is 14.7 Å². The molecule has 110 valence electrons. The van der Waals surface area contributed by atoms with Crippen molar-refractivity contribution in [3.05, 3.63) is 72.3 Å². The first-order valence-electron chi connectivity index (χ1n) is 6.66. The highest BCUT2D eigenvalue weighted by molar-refractivity contribution is 7.92. The summed E-state index contributed by atoms with van der Waals surface area (Å²) >= 11 is 0. The fourth-order valence-corrected chi connectivity index (χ4v) is 3.32. The first-order chi connectivity index (χ1) is 10.6. The summed E-state index contributed by atoms with van der Waals surface area (Å²) < 4.78 is 27.5. The van der Waals surface area contributed by atoms with Gasteiger partial charge in [0, 0.05) is 10.9 Å². The van der Waals surface area contributed by atoms with Gasteiger partial charge in [0.15, 0.2) is 0 Å². The summed E-state index contributed by atoms with van der Waals surface area (Å²) in [5.41, 5.74) is 0.960. The molecule has 5 heteroatoms. The van der Waals surface area contributed by atoms with Crippen LogP contribution in [0.2, 0.25) is 0 Å². The number of aldehydes is 1. The van der Waals surface area contributed by atoms with Crippen LogP contribution in [0.25, 0.3) is 10.8 Å². The van der Waals surface area contributed by atoms with Crippen LogP contribution < -0.4 is 4.72 Å². The molecular weight excluding hydrogens is 298 g/mol. The summed E-state index contributed by atoms with van der Waals surface area (Å²) in [4.78, 5) is 10.8. The summed E-state index contributed by atoms with van der Waals surface area (Å²) in [5, 5.41) is 1.79. The lowest BCUT2D eigenvalue weighted by atomic mass is 10.1. The van der Waals surface area contributed by atoms with Gasteiger partial charge < -0.3 is 0 Å². The second-order valence-corrected chi connectivity index (χ2v) is 6.50. The number of hydrogen-bond acceptors (Lipinski definition) is 3. The van der Waals surface area contributed by atoms with Crippen LogP contribution in [0.4, 0.5) is 5.69 Å². The van der Waals surface area contributed by atoms with Crippen LogP contribution in [0.5, 0.6) is 0 Å². The number of fused-ring (bicyclic) bond motifs is 1. The highest BCUT2D eigenvalue weighted by Gasteiger charge is 2.15. The van der Waals surface area contributed by atoms with Gasteiger partial charge in [0.1, 0.15) is 6.29 Å². The maximum Gasteiger partial charge on any atom is 0.261 e. The highest BCUT2D eigenvalue weighted by atomic mass is 32.2.